The van der Waals surface area contributed by atoms with Gasteiger partial charge in [0.1, 0.15) is 6.10 Å². The molecule has 9 heteroatoms. The van der Waals surface area contributed by atoms with Crippen LogP contribution in [0, 0.1) is 11.3 Å². The van der Waals surface area contributed by atoms with E-state index in [0.717, 1.165) is 12.8 Å². The third kappa shape index (κ3) is 3.47. The van der Waals surface area contributed by atoms with E-state index in [1.165, 1.54) is 0 Å². The molecular weight excluding hydrogens is 288 g/mol. The lowest BCUT2D eigenvalue weighted by Crippen LogP contribution is -2.45. The summed E-state index contributed by atoms with van der Waals surface area (Å²) in [5.74, 6) is -0.748. The van der Waals surface area contributed by atoms with Gasteiger partial charge in [-0.2, -0.15) is 8.42 Å². The first-order chi connectivity index (χ1) is 9.12. The number of aliphatic hydroxyl groups excluding tert-OH is 2. The van der Waals surface area contributed by atoms with Crippen LogP contribution < -0.4 is 10.5 Å². The van der Waals surface area contributed by atoms with Crippen LogP contribution in [0.3, 0.4) is 0 Å². The SMILES string of the molecule is CC1(C(=O)N[C@@H]2C[C@H](COS(N)(=O)=O)[C@@H](O)[C@H]2O)CC1. The Morgan fingerprint density at radius 2 is 2.00 bits per heavy atom. The molecule has 1 amide bonds. The molecular formula is C11H20N2O6S. The highest BCUT2D eigenvalue weighted by Crippen LogP contribution is 2.45. The molecule has 0 spiro atoms. The molecule has 8 nitrogen and oxygen atoms in total. The Morgan fingerprint density at radius 3 is 2.50 bits per heavy atom. The van der Waals surface area contributed by atoms with Gasteiger partial charge in [0, 0.05) is 11.3 Å². The first kappa shape index (κ1) is 15.6. The Balaban J connectivity index is 1.91. The number of nitrogens with one attached hydrogen (secondary N) is 1. The molecule has 0 heterocycles. The fraction of sp³-hybridized carbons (Fsp3) is 0.909. The molecule has 20 heavy (non-hydrogen) atoms. The fourth-order valence-electron chi connectivity index (χ4n) is 2.37. The summed E-state index contributed by atoms with van der Waals surface area (Å²) < 4.78 is 25.9. The minimum Gasteiger partial charge on any atom is -0.390 e. The van der Waals surface area contributed by atoms with Crippen LogP contribution in [-0.4, -0.2) is 49.4 Å². The van der Waals surface area contributed by atoms with Crippen molar-refractivity contribution in [3.05, 3.63) is 0 Å². The molecule has 4 atom stereocenters. The summed E-state index contributed by atoms with van der Waals surface area (Å²) in [4.78, 5) is 11.9. The standard InChI is InChI=1S/C11H20N2O6S/c1-11(2-3-11)10(16)13-7-4-6(8(14)9(7)15)5-19-20(12,17)18/h6-9,14-15H,2-5H2,1H3,(H,13,16)(H2,12,17,18)/t6-,7-,8-,9+/m1/s1. The molecule has 0 aliphatic heterocycles. The first-order valence-electron chi connectivity index (χ1n) is 6.47. The largest absolute Gasteiger partial charge is 0.390 e. The second-order valence-electron chi connectivity index (χ2n) is 5.89. The van der Waals surface area contributed by atoms with Crippen molar-refractivity contribution >= 4 is 16.2 Å². The number of hydrogen-bond acceptors (Lipinski definition) is 6. The van der Waals surface area contributed by atoms with E-state index < -0.39 is 34.5 Å². The summed E-state index contributed by atoms with van der Waals surface area (Å²) in [5.41, 5.74) is -0.375. The molecule has 5 N–H and O–H groups in total. The topological polar surface area (TPSA) is 139 Å². The van der Waals surface area contributed by atoms with Crippen LogP contribution >= 0.6 is 0 Å². The van der Waals surface area contributed by atoms with Crippen molar-refractivity contribution in [2.24, 2.45) is 16.5 Å². The van der Waals surface area contributed by atoms with E-state index in [-0.39, 0.29) is 24.3 Å². The Bertz CT molecular complexity index is 489. The molecule has 0 aromatic rings. The van der Waals surface area contributed by atoms with Crippen LogP contribution in [0.4, 0.5) is 0 Å². The van der Waals surface area contributed by atoms with Crippen LogP contribution in [-0.2, 0) is 19.3 Å². The zero-order chi connectivity index (χ0) is 15.1. The zero-order valence-corrected chi connectivity index (χ0v) is 12.0. The maximum atomic E-state index is 11.9. The van der Waals surface area contributed by atoms with E-state index in [2.05, 4.69) is 9.50 Å². The second-order valence-corrected chi connectivity index (χ2v) is 7.12. The van der Waals surface area contributed by atoms with Crippen LogP contribution in [0.2, 0.25) is 0 Å². The molecule has 2 rings (SSSR count). The molecule has 0 saturated heterocycles. The van der Waals surface area contributed by atoms with Gasteiger partial charge in [-0.15, -0.1) is 0 Å². The van der Waals surface area contributed by atoms with E-state index in [4.69, 9.17) is 5.14 Å². The van der Waals surface area contributed by atoms with Gasteiger partial charge < -0.3 is 15.5 Å². The van der Waals surface area contributed by atoms with E-state index in [9.17, 15) is 23.4 Å². The number of hydrogen-bond donors (Lipinski definition) is 4. The summed E-state index contributed by atoms with van der Waals surface area (Å²) in [6, 6.07) is -0.607. The minimum atomic E-state index is -4.09. The number of carbonyl (C=O) groups is 1. The maximum Gasteiger partial charge on any atom is 0.333 e. The van der Waals surface area contributed by atoms with E-state index in [1.807, 2.05) is 6.92 Å². The van der Waals surface area contributed by atoms with E-state index in [0.29, 0.717) is 0 Å². The summed E-state index contributed by atoms with van der Waals surface area (Å²) in [6.45, 7) is 1.52. The smallest absolute Gasteiger partial charge is 0.333 e. The average Bonchev–Trinajstić information content (AvgIpc) is 3.03. The third-order valence-corrected chi connectivity index (χ3v) is 4.58. The number of amides is 1. The molecule has 2 aliphatic carbocycles. The van der Waals surface area contributed by atoms with E-state index >= 15 is 0 Å². The number of rotatable bonds is 5. The Kier molecular flexibility index (Phi) is 4.09. The van der Waals surface area contributed by atoms with Gasteiger partial charge >= 0.3 is 10.3 Å². The highest BCUT2D eigenvalue weighted by atomic mass is 32.2. The monoisotopic (exact) mass is 308 g/mol. The Hall–Kier alpha value is -0.740. The van der Waals surface area contributed by atoms with Gasteiger partial charge in [0.05, 0.1) is 18.8 Å². The van der Waals surface area contributed by atoms with Gasteiger partial charge in [-0.25, -0.2) is 5.14 Å². The Labute approximate surface area is 117 Å². The lowest BCUT2D eigenvalue weighted by molar-refractivity contribution is -0.127. The number of aliphatic hydroxyl groups is 2. The van der Waals surface area contributed by atoms with Crippen molar-refractivity contribution in [1.29, 1.82) is 0 Å². The quantitative estimate of drug-likeness (QED) is 0.474. The highest BCUT2D eigenvalue weighted by molar-refractivity contribution is 7.84. The molecule has 2 saturated carbocycles. The molecule has 2 aliphatic rings. The van der Waals surface area contributed by atoms with Gasteiger partial charge in [-0.3, -0.25) is 8.98 Å². The predicted molar refractivity (Wildman–Crippen MR) is 68.5 cm³/mol. The molecule has 0 unspecified atom stereocenters. The third-order valence-electron chi connectivity index (χ3n) is 4.11. The summed E-state index contributed by atoms with van der Waals surface area (Å²) in [6.07, 6.45) is -0.450. The second kappa shape index (κ2) is 5.23. The zero-order valence-electron chi connectivity index (χ0n) is 11.2. The van der Waals surface area contributed by atoms with Crippen LogP contribution in [0.1, 0.15) is 26.2 Å². The predicted octanol–water partition coefficient (Wildman–Crippen LogP) is -1.77. The van der Waals surface area contributed by atoms with Crippen molar-refractivity contribution in [2.45, 2.75) is 44.4 Å². The summed E-state index contributed by atoms with van der Waals surface area (Å²) in [5, 5.41) is 27.1. The van der Waals surface area contributed by atoms with Crippen molar-refractivity contribution in [3.63, 3.8) is 0 Å². The van der Waals surface area contributed by atoms with Gasteiger partial charge in [0.25, 0.3) is 0 Å². The summed E-state index contributed by atoms with van der Waals surface area (Å²) >= 11 is 0. The lowest BCUT2D eigenvalue weighted by Gasteiger charge is -2.20. The van der Waals surface area contributed by atoms with E-state index in [1.54, 1.807) is 0 Å². The maximum absolute atomic E-state index is 11.9. The van der Waals surface area contributed by atoms with Crippen molar-refractivity contribution in [2.75, 3.05) is 6.61 Å². The normalized spacial score (nSPS) is 35.8. The summed E-state index contributed by atoms with van der Waals surface area (Å²) in [7, 11) is -4.09. The molecule has 0 radical (unpaired) electrons. The van der Waals surface area contributed by atoms with Gasteiger partial charge in [-0.1, -0.05) is 6.92 Å². The van der Waals surface area contributed by atoms with Crippen molar-refractivity contribution in [3.8, 4) is 0 Å². The van der Waals surface area contributed by atoms with Crippen LogP contribution in [0.5, 0.6) is 0 Å². The van der Waals surface area contributed by atoms with Gasteiger partial charge in [0.15, 0.2) is 0 Å². The molecule has 0 bridgehead atoms. The average molecular weight is 308 g/mol. The van der Waals surface area contributed by atoms with Crippen molar-refractivity contribution < 1.29 is 27.6 Å². The van der Waals surface area contributed by atoms with Gasteiger partial charge in [0.2, 0.25) is 5.91 Å². The molecule has 0 aromatic carbocycles. The van der Waals surface area contributed by atoms with Crippen molar-refractivity contribution in [1.82, 2.24) is 5.32 Å². The Morgan fingerprint density at radius 1 is 1.40 bits per heavy atom. The van der Waals surface area contributed by atoms with Crippen LogP contribution in [0.15, 0.2) is 0 Å². The van der Waals surface area contributed by atoms with Gasteiger partial charge in [-0.05, 0) is 19.3 Å². The number of nitrogens with two attached hydrogens (primary N) is 1. The lowest BCUT2D eigenvalue weighted by atomic mass is 10.1. The fourth-order valence-corrected chi connectivity index (χ4v) is 2.74. The number of carbonyl (C=O) groups excluding carboxylic acids is 1. The minimum absolute atomic E-state index is 0.151. The first-order valence-corrected chi connectivity index (χ1v) is 7.94. The molecule has 0 aromatic heterocycles. The highest BCUT2D eigenvalue weighted by Gasteiger charge is 2.48. The molecule has 116 valence electrons. The van der Waals surface area contributed by atoms with Crippen LogP contribution in [0.25, 0.3) is 0 Å². The molecule has 2 fully saturated rings.